The first-order valence-corrected chi connectivity index (χ1v) is 10.6. The van der Waals surface area contributed by atoms with Crippen molar-refractivity contribution in [2.75, 3.05) is 19.7 Å². The van der Waals surface area contributed by atoms with Gasteiger partial charge in [0.05, 0.1) is 12.7 Å². The van der Waals surface area contributed by atoms with Crippen LogP contribution in [0.25, 0.3) is 0 Å². The maximum absolute atomic E-state index is 13.1. The van der Waals surface area contributed by atoms with Gasteiger partial charge in [-0.3, -0.25) is 4.90 Å². The summed E-state index contributed by atoms with van der Waals surface area (Å²) in [5, 5.41) is 10.7. The molecule has 0 aromatic heterocycles. The van der Waals surface area contributed by atoms with E-state index in [4.69, 9.17) is 4.74 Å². The van der Waals surface area contributed by atoms with Crippen LogP contribution in [0.1, 0.15) is 29.2 Å². The zero-order valence-corrected chi connectivity index (χ0v) is 17.0. The SMILES string of the molecule is OC1CN(Cc2ccc(F)cc2)CCC1COC(c1ccccc1)c1ccccc1. The Balaban J connectivity index is 1.36. The van der Waals surface area contributed by atoms with Gasteiger partial charge in [-0.2, -0.15) is 0 Å². The van der Waals surface area contributed by atoms with Crippen LogP contribution in [0.15, 0.2) is 84.9 Å². The molecule has 0 spiro atoms. The highest BCUT2D eigenvalue weighted by atomic mass is 19.1. The molecule has 1 aliphatic rings. The Kier molecular flexibility index (Phi) is 6.90. The quantitative estimate of drug-likeness (QED) is 0.612. The smallest absolute Gasteiger partial charge is 0.123 e. The van der Waals surface area contributed by atoms with Gasteiger partial charge in [0.25, 0.3) is 0 Å². The van der Waals surface area contributed by atoms with Crippen molar-refractivity contribution in [3.63, 3.8) is 0 Å². The van der Waals surface area contributed by atoms with Gasteiger partial charge in [0, 0.05) is 19.0 Å². The summed E-state index contributed by atoms with van der Waals surface area (Å²) in [6, 6.07) is 27.0. The van der Waals surface area contributed by atoms with E-state index in [1.807, 2.05) is 36.4 Å². The second-order valence-electron chi connectivity index (χ2n) is 8.01. The molecule has 1 N–H and O–H groups in total. The Hall–Kier alpha value is -2.53. The average Bonchev–Trinajstić information content (AvgIpc) is 2.78. The third-order valence-electron chi connectivity index (χ3n) is 5.81. The second kappa shape index (κ2) is 9.98. The van der Waals surface area contributed by atoms with E-state index in [2.05, 4.69) is 29.2 Å². The Labute approximate surface area is 177 Å². The Morgan fingerprint density at radius 2 is 1.50 bits per heavy atom. The van der Waals surface area contributed by atoms with Gasteiger partial charge in [0.2, 0.25) is 0 Å². The van der Waals surface area contributed by atoms with E-state index in [1.165, 1.54) is 12.1 Å². The van der Waals surface area contributed by atoms with Crippen molar-refractivity contribution in [2.24, 2.45) is 5.92 Å². The number of β-amino-alcohol motifs (C(OH)–C–C–N with tert-alkyl or cyclic N) is 1. The highest BCUT2D eigenvalue weighted by Crippen LogP contribution is 2.28. The van der Waals surface area contributed by atoms with Crippen molar-refractivity contribution in [3.05, 3.63) is 107 Å². The molecule has 1 fully saturated rings. The van der Waals surface area contributed by atoms with Gasteiger partial charge in [0.15, 0.2) is 0 Å². The molecule has 3 nitrogen and oxygen atoms in total. The Morgan fingerprint density at radius 3 is 2.07 bits per heavy atom. The molecule has 0 aliphatic carbocycles. The lowest BCUT2D eigenvalue weighted by atomic mass is 9.94. The van der Waals surface area contributed by atoms with Crippen molar-refractivity contribution in [1.29, 1.82) is 0 Å². The molecule has 3 aromatic carbocycles. The topological polar surface area (TPSA) is 32.7 Å². The van der Waals surface area contributed by atoms with Crippen LogP contribution in [-0.2, 0) is 11.3 Å². The molecule has 1 heterocycles. The first-order valence-electron chi connectivity index (χ1n) is 10.6. The molecular formula is C26H28FNO2. The summed E-state index contributed by atoms with van der Waals surface area (Å²) in [6.45, 7) is 2.73. The summed E-state index contributed by atoms with van der Waals surface area (Å²) in [4.78, 5) is 2.22. The second-order valence-corrected chi connectivity index (χ2v) is 8.01. The number of aliphatic hydroxyl groups is 1. The number of benzene rings is 3. The van der Waals surface area contributed by atoms with Gasteiger partial charge >= 0.3 is 0 Å². The summed E-state index contributed by atoms with van der Waals surface area (Å²) in [5.74, 6) is -0.120. The number of piperidine rings is 1. The summed E-state index contributed by atoms with van der Waals surface area (Å²) in [6.07, 6.45) is 0.293. The summed E-state index contributed by atoms with van der Waals surface area (Å²) < 4.78 is 19.5. The minimum atomic E-state index is -0.439. The molecule has 1 aliphatic heterocycles. The van der Waals surface area contributed by atoms with E-state index >= 15 is 0 Å². The van der Waals surface area contributed by atoms with Crippen molar-refractivity contribution < 1.29 is 14.2 Å². The van der Waals surface area contributed by atoms with Gasteiger partial charge < -0.3 is 9.84 Å². The Bertz CT molecular complexity index is 862. The number of rotatable bonds is 7. The van der Waals surface area contributed by atoms with Gasteiger partial charge in [0.1, 0.15) is 11.9 Å². The molecule has 30 heavy (non-hydrogen) atoms. The lowest BCUT2D eigenvalue weighted by Crippen LogP contribution is -2.45. The highest BCUT2D eigenvalue weighted by molar-refractivity contribution is 5.29. The van der Waals surface area contributed by atoms with Gasteiger partial charge in [-0.05, 0) is 41.8 Å². The van der Waals surface area contributed by atoms with E-state index in [-0.39, 0.29) is 17.8 Å². The minimum absolute atomic E-state index is 0.101. The van der Waals surface area contributed by atoms with Crippen LogP contribution in [0, 0.1) is 11.7 Å². The maximum Gasteiger partial charge on any atom is 0.123 e. The van der Waals surface area contributed by atoms with Crippen molar-refractivity contribution in [1.82, 2.24) is 4.90 Å². The van der Waals surface area contributed by atoms with Crippen molar-refractivity contribution in [3.8, 4) is 0 Å². The molecule has 0 saturated carbocycles. The predicted octanol–water partition coefficient (Wildman–Crippen LogP) is 4.81. The van der Waals surface area contributed by atoms with E-state index in [0.29, 0.717) is 13.2 Å². The summed E-state index contributed by atoms with van der Waals surface area (Å²) >= 11 is 0. The molecule has 156 valence electrons. The molecule has 2 atom stereocenters. The monoisotopic (exact) mass is 405 g/mol. The zero-order chi connectivity index (χ0) is 20.8. The van der Waals surface area contributed by atoms with E-state index in [1.54, 1.807) is 12.1 Å². The predicted molar refractivity (Wildman–Crippen MR) is 116 cm³/mol. The van der Waals surface area contributed by atoms with Crippen molar-refractivity contribution >= 4 is 0 Å². The molecule has 0 radical (unpaired) electrons. The number of aliphatic hydroxyl groups excluding tert-OH is 1. The van der Waals surface area contributed by atoms with Gasteiger partial charge in [-0.1, -0.05) is 72.8 Å². The number of nitrogens with zero attached hydrogens (tertiary/aromatic N) is 1. The molecule has 0 amide bonds. The normalized spacial score (nSPS) is 19.8. The third-order valence-corrected chi connectivity index (χ3v) is 5.81. The fourth-order valence-corrected chi connectivity index (χ4v) is 4.09. The molecule has 0 bridgehead atoms. The largest absolute Gasteiger partial charge is 0.391 e. The molecular weight excluding hydrogens is 377 g/mol. The van der Waals surface area contributed by atoms with E-state index < -0.39 is 6.10 Å². The number of hydrogen-bond donors (Lipinski definition) is 1. The van der Waals surface area contributed by atoms with Crippen LogP contribution in [0.2, 0.25) is 0 Å². The van der Waals surface area contributed by atoms with E-state index in [9.17, 15) is 9.50 Å². The molecule has 4 heteroatoms. The number of hydrogen-bond acceptors (Lipinski definition) is 3. The van der Waals surface area contributed by atoms with Crippen LogP contribution in [0.4, 0.5) is 4.39 Å². The third kappa shape index (κ3) is 5.33. The van der Waals surface area contributed by atoms with Crippen LogP contribution in [0.5, 0.6) is 0 Å². The molecule has 1 saturated heterocycles. The molecule has 4 rings (SSSR count). The van der Waals surface area contributed by atoms with Crippen LogP contribution in [-0.4, -0.2) is 35.8 Å². The zero-order valence-electron chi connectivity index (χ0n) is 17.0. The average molecular weight is 406 g/mol. The Morgan fingerprint density at radius 1 is 0.900 bits per heavy atom. The fraction of sp³-hybridized carbons (Fsp3) is 0.308. The molecule has 3 aromatic rings. The van der Waals surface area contributed by atoms with Gasteiger partial charge in [-0.25, -0.2) is 4.39 Å². The molecule has 2 unspecified atom stereocenters. The van der Waals surface area contributed by atoms with Crippen LogP contribution >= 0.6 is 0 Å². The van der Waals surface area contributed by atoms with Crippen LogP contribution in [0.3, 0.4) is 0 Å². The van der Waals surface area contributed by atoms with Gasteiger partial charge in [-0.15, -0.1) is 0 Å². The summed E-state index contributed by atoms with van der Waals surface area (Å²) in [7, 11) is 0. The number of ether oxygens (including phenoxy) is 1. The minimum Gasteiger partial charge on any atom is -0.391 e. The summed E-state index contributed by atoms with van der Waals surface area (Å²) in [5.41, 5.74) is 3.30. The first kappa shape index (κ1) is 20.7. The highest BCUT2D eigenvalue weighted by Gasteiger charge is 2.29. The van der Waals surface area contributed by atoms with E-state index in [0.717, 1.165) is 36.2 Å². The maximum atomic E-state index is 13.1. The fourth-order valence-electron chi connectivity index (χ4n) is 4.09. The standard InChI is InChI=1S/C26H28FNO2/c27-24-13-11-20(12-14-24)17-28-16-15-23(25(29)18-28)19-30-26(21-7-3-1-4-8-21)22-9-5-2-6-10-22/h1-14,23,25-26,29H,15-19H2. The number of likely N-dealkylation sites (tertiary alicyclic amines) is 1. The lowest BCUT2D eigenvalue weighted by molar-refractivity contribution is -0.0382. The van der Waals surface area contributed by atoms with Crippen LogP contribution < -0.4 is 0 Å². The first-order chi connectivity index (χ1) is 14.7. The number of halogens is 1. The van der Waals surface area contributed by atoms with Crippen molar-refractivity contribution in [2.45, 2.75) is 25.2 Å². The lowest BCUT2D eigenvalue weighted by Gasteiger charge is -2.36.